The summed E-state index contributed by atoms with van der Waals surface area (Å²) in [5.74, 6) is 0.624. The first-order valence-corrected chi connectivity index (χ1v) is 8.46. The average Bonchev–Trinajstić information content (AvgIpc) is 3.17. The Morgan fingerprint density at radius 3 is 2.61 bits per heavy atom. The maximum Gasteiger partial charge on any atom is 0.227 e. The molecule has 0 aliphatic heterocycles. The van der Waals surface area contributed by atoms with Crippen LogP contribution in [0.15, 0.2) is 65.1 Å². The zero-order chi connectivity index (χ0) is 15.4. The lowest BCUT2D eigenvalue weighted by Gasteiger charge is -1.94. The van der Waals surface area contributed by atoms with Crippen molar-refractivity contribution < 1.29 is 4.42 Å². The van der Waals surface area contributed by atoms with E-state index in [1.165, 1.54) is 10.1 Å². The van der Waals surface area contributed by atoms with Crippen LogP contribution in [0.1, 0.15) is 0 Å². The van der Waals surface area contributed by atoms with Crippen LogP contribution in [0.4, 0.5) is 0 Å². The third kappa shape index (κ3) is 1.90. The van der Waals surface area contributed by atoms with Crippen LogP contribution in [0, 0.1) is 0 Å². The quantitative estimate of drug-likeness (QED) is 0.348. The molecule has 5 aromatic rings. The van der Waals surface area contributed by atoms with Crippen molar-refractivity contribution in [2.24, 2.45) is 0 Å². The Hall–Kier alpha value is -2.36. The molecule has 2 aromatic heterocycles. The molecule has 0 aliphatic rings. The van der Waals surface area contributed by atoms with E-state index in [2.05, 4.69) is 12.1 Å². The van der Waals surface area contributed by atoms with Gasteiger partial charge in [-0.2, -0.15) is 0 Å². The van der Waals surface area contributed by atoms with Gasteiger partial charge in [0.1, 0.15) is 5.52 Å². The predicted molar refractivity (Wildman–Crippen MR) is 97.3 cm³/mol. The van der Waals surface area contributed by atoms with Crippen LogP contribution in [0.3, 0.4) is 0 Å². The number of hydrogen-bond acceptors (Lipinski definition) is 3. The van der Waals surface area contributed by atoms with Gasteiger partial charge in [0.25, 0.3) is 0 Å². The third-order valence-electron chi connectivity index (χ3n) is 3.98. The largest absolute Gasteiger partial charge is 0.436 e. The van der Waals surface area contributed by atoms with Gasteiger partial charge in [-0.05, 0) is 18.2 Å². The molecule has 0 aliphatic carbocycles. The maximum absolute atomic E-state index is 6.49. The van der Waals surface area contributed by atoms with E-state index in [0.717, 1.165) is 26.7 Å². The van der Waals surface area contributed by atoms with Crippen molar-refractivity contribution in [2.75, 3.05) is 0 Å². The summed E-state index contributed by atoms with van der Waals surface area (Å²) in [6.07, 6.45) is 0. The molecule has 0 spiro atoms. The molecule has 0 bridgehead atoms. The highest BCUT2D eigenvalue weighted by molar-refractivity contribution is 7.26. The number of thiophene rings is 1. The molecule has 4 heteroatoms. The molecule has 0 saturated heterocycles. The Morgan fingerprint density at radius 2 is 1.74 bits per heavy atom. The lowest BCUT2D eigenvalue weighted by atomic mass is 10.1. The van der Waals surface area contributed by atoms with Gasteiger partial charge in [0, 0.05) is 27.1 Å². The van der Waals surface area contributed by atoms with Crippen LogP contribution in [-0.4, -0.2) is 4.98 Å². The van der Waals surface area contributed by atoms with Crippen LogP contribution in [0.25, 0.3) is 42.7 Å². The molecule has 0 N–H and O–H groups in total. The van der Waals surface area contributed by atoms with Gasteiger partial charge in [-0.15, -0.1) is 11.3 Å². The zero-order valence-corrected chi connectivity index (χ0v) is 13.5. The first-order valence-electron chi connectivity index (χ1n) is 7.27. The van der Waals surface area contributed by atoms with Crippen molar-refractivity contribution in [2.45, 2.75) is 0 Å². The minimum Gasteiger partial charge on any atom is -0.436 e. The summed E-state index contributed by atoms with van der Waals surface area (Å²) in [6.45, 7) is 0. The smallest absolute Gasteiger partial charge is 0.227 e. The highest BCUT2D eigenvalue weighted by Crippen LogP contribution is 2.42. The summed E-state index contributed by atoms with van der Waals surface area (Å²) in [5.41, 5.74) is 2.57. The van der Waals surface area contributed by atoms with Gasteiger partial charge < -0.3 is 4.42 Å². The van der Waals surface area contributed by atoms with E-state index in [9.17, 15) is 0 Å². The summed E-state index contributed by atoms with van der Waals surface area (Å²) in [7, 11) is 0. The summed E-state index contributed by atoms with van der Waals surface area (Å²) in [6, 6.07) is 20.1. The van der Waals surface area contributed by atoms with Gasteiger partial charge in [-0.25, -0.2) is 4.98 Å². The number of nitrogens with zero attached hydrogens (tertiary/aromatic N) is 1. The Morgan fingerprint density at radius 1 is 0.957 bits per heavy atom. The van der Waals surface area contributed by atoms with Crippen LogP contribution >= 0.6 is 22.9 Å². The van der Waals surface area contributed by atoms with Crippen LogP contribution in [0.2, 0.25) is 5.02 Å². The lowest BCUT2D eigenvalue weighted by molar-refractivity contribution is 0.620. The van der Waals surface area contributed by atoms with Gasteiger partial charge >= 0.3 is 0 Å². The number of aromatic nitrogens is 1. The van der Waals surface area contributed by atoms with Crippen molar-refractivity contribution in [3.05, 3.63) is 65.7 Å². The number of rotatable bonds is 1. The molecule has 3 aromatic carbocycles. The van der Waals surface area contributed by atoms with E-state index in [4.69, 9.17) is 21.0 Å². The topological polar surface area (TPSA) is 26.0 Å². The molecule has 2 heterocycles. The molecule has 0 radical (unpaired) electrons. The van der Waals surface area contributed by atoms with E-state index < -0.39 is 0 Å². The van der Waals surface area contributed by atoms with E-state index in [1.807, 2.05) is 48.5 Å². The first kappa shape index (κ1) is 13.1. The summed E-state index contributed by atoms with van der Waals surface area (Å²) < 4.78 is 8.24. The molecule has 5 rings (SSSR count). The number of halogens is 1. The second-order valence-electron chi connectivity index (χ2n) is 5.39. The fourth-order valence-corrected chi connectivity index (χ4v) is 4.36. The molecular weight excluding hydrogens is 326 g/mol. The van der Waals surface area contributed by atoms with E-state index in [1.54, 1.807) is 11.3 Å². The predicted octanol–water partition coefficient (Wildman–Crippen LogP) is 6.52. The lowest BCUT2D eigenvalue weighted by Crippen LogP contribution is -1.76. The number of benzene rings is 3. The highest BCUT2D eigenvalue weighted by atomic mass is 35.5. The minimum absolute atomic E-state index is 0.624. The van der Waals surface area contributed by atoms with E-state index in [0.29, 0.717) is 10.9 Å². The average molecular weight is 336 g/mol. The fourth-order valence-electron chi connectivity index (χ4n) is 2.94. The molecule has 0 fully saturated rings. The van der Waals surface area contributed by atoms with Crippen molar-refractivity contribution in [3.8, 4) is 11.5 Å². The number of oxazole rings is 1. The molecular formula is C19H10ClNOS. The Bertz CT molecular complexity index is 1170. The number of hydrogen-bond donors (Lipinski definition) is 0. The van der Waals surface area contributed by atoms with Crippen LogP contribution in [0.5, 0.6) is 0 Å². The van der Waals surface area contributed by atoms with Gasteiger partial charge in [0.2, 0.25) is 5.89 Å². The summed E-state index contributed by atoms with van der Waals surface area (Å²) >= 11 is 8.18. The second kappa shape index (κ2) is 4.82. The normalized spacial score (nSPS) is 11.7. The van der Waals surface area contributed by atoms with Crippen molar-refractivity contribution >= 4 is 54.2 Å². The Labute approximate surface area is 140 Å². The maximum atomic E-state index is 6.49. The SMILES string of the molecule is Clc1cc2oc(-c3ccccc3)nc2c2c1sc1ccccc12. The van der Waals surface area contributed by atoms with Gasteiger partial charge in [-0.3, -0.25) is 0 Å². The zero-order valence-electron chi connectivity index (χ0n) is 11.9. The van der Waals surface area contributed by atoms with Crippen molar-refractivity contribution in [3.63, 3.8) is 0 Å². The van der Waals surface area contributed by atoms with Crippen molar-refractivity contribution in [1.82, 2.24) is 4.98 Å². The summed E-state index contributed by atoms with van der Waals surface area (Å²) in [4.78, 5) is 4.76. The highest BCUT2D eigenvalue weighted by Gasteiger charge is 2.17. The first-order chi connectivity index (χ1) is 11.3. The van der Waals surface area contributed by atoms with E-state index in [-0.39, 0.29) is 0 Å². The Kier molecular flexibility index (Phi) is 2.75. The molecule has 0 unspecified atom stereocenters. The Balaban J connectivity index is 1.94. The fraction of sp³-hybridized carbons (Fsp3) is 0. The van der Waals surface area contributed by atoms with Crippen LogP contribution in [-0.2, 0) is 0 Å². The van der Waals surface area contributed by atoms with E-state index >= 15 is 0 Å². The minimum atomic E-state index is 0.624. The summed E-state index contributed by atoms with van der Waals surface area (Å²) in [5, 5.41) is 2.97. The molecule has 110 valence electrons. The van der Waals surface area contributed by atoms with Crippen LogP contribution < -0.4 is 0 Å². The molecule has 2 nitrogen and oxygen atoms in total. The monoisotopic (exact) mass is 335 g/mol. The van der Waals surface area contributed by atoms with Crippen molar-refractivity contribution in [1.29, 1.82) is 0 Å². The molecule has 0 amide bonds. The molecule has 23 heavy (non-hydrogen) atoms. The molecule has 0 atom stereocenters. The van der Waals surface area contributed by atoms with Gasteiger partial charge in [0.15, 0.2) is 5.58 Å². The second-order valence-corrected chi connectivity index (χ2v) is 6.85. The third-order valence-corrected chi connectivity index (χ3v) is 5.60. The molecule has 0 saturated carbocycles. The number of fused-ring (bicyclic) bond motifs is 5. The van der Waals surface area contributed by atoms with Gasteiger partial charge in [0.05, 0.1) is 9.72 Å². The van der Waals surface area contributed by atoms with Gasteiger partial charge in [-0.1, -0.05) is 48.0 Å². The standard InChI is InChI=1S/C19H10ClNOS/c20-13-10-14-17(21-19(22-14)11-6-2-1-3-7-11)16-12-8-4-5-9-15(12)23-18(13)16/h1-10H.